The summed E-state index contributed by atoms with van der Waals surface area (Å²) in [4.78, 5) is 25.5. The molecule has 0 saturated heterocycles. The Kier molecular flexibility index (Phi) is 7.51. The summed E-state index contributed by atoms with van der Waals surface area (Å²) < 4.78 is 16.8. The lowest BCUT2D eigenvalue weighted by Crippen LogP contribution is -2.47. The molecular formula is C29H31NO5. The fourth-order valence-corrected chi connectivity index (χ4v) is 4.19. The van der Waals surface area contributed by atoms with Crippen LogP contribution in [0.15, 0.2) is 78.9 Å². The van der Waals surface area contributed by atoms with Crippen LogP contribution in [0, 0.1) is 0 Å². The number of rotatable bonds is 8. The highest BCUT2D eigenvalue weighted by atomic mass is 16.6. The molecule has 1 aliphatic carbocycles. The van der Waals surface area contributed by atoms with E-state index in [9.17, 15) is 9.59 Å². The number of fused-ring (bicyclic) bond motifs is 3. The number of hydrogen-bond acceptors (Lipinski definition) is 5. The van der Waals surface area contributed by atoms with Crippen LogP contribution in [0.3, 0.4) is 0 Å². The molecule has 1 atom stereocenters. The molecule has 0 fully saturated rings. The number of nitrogens with one attached hydrogen (secondary N) is 1. The number of alkyl carbamates (subject to hydrolysis) is 1. The molecule has 0 aliphatic heterocycles. The zero-order chi connectivity index (χ0) is 24.8. The van der Waals surface area contributed by atoms with Crippen molar-refractivity contribution in [1.29, 1.82) is 0 Å². The minimum atomic E-state index is -0.992. The highest BCUT2D eigenvalue weighted by Gasteiger charge is 2.31. The third-order valence-corrected chi connectivity index (χ3v) is 5.72. The van der Waals surface area contributed by atoms with Crippen LogP contribution in [0.5, 0.6) is 0 Å². The summed E-state index contributed by atoms with van der Waals surface area (Å²) in [5.74, 6) is -0.637. The van der Waals surface area contributed by atoms with E-state index in [1.165, 1.54) is 0 Å². The molecular weight excluding hydrogens is 442 g/mol. The van der Waals surface area contributed by atoms with Crippen molar-refractivity contribution >= 4 is 12.1 Å². The molecule has 0 saturated carbocycles. The van der Waals surface area contributed by atoms with Crippen molar-refractivity contribution in [2.24, 2.45) is 0 Å². The number of carbonyl (C=O) groups excluding carboxylic acids is 2. The molecule has 0 aromatic heterocycles. The van der Waals surface area contributed by atoms with Gasteiger partial charge in [-0.2, -0.15) is 0 Å². The van der Waals surface area contributed by atoms with Crippen molar-refractivity contribution in [3.05, 3.63) is 95.6 Å². The van der Waals surface area contributed by atoms with Crippen molar-refractivity contribution in [1.82, 2.24) is 5.32 Å². The van der Waals surface area contributed by atoms with Crippen molar-refractivity contribution in [3.8, 4) is 11.1 Å². The lowest BCUT2D eigenvalue weighted by Gasteiger charge is -2.24. The van der Waals surface area contributed by atoms with E-state index in [1.807, 2.05) is 54.6 Å². The van der Waals surface area contributed by atoms with E-state index in [0.29, 0.717) is 6.61 Å². The average molecular weight is 474 g/mol. The summed E-state index contributed by atoms with van der Waals surface area (Å²) in [6, 6.07) is 24.9. The number of esters is 1. The van der Waals surface area contributed by atoms with Crippen molar-refractivity contribution in [2.75, 3.05) is 13.2 Å². The van der Waals surface area contributed by atoms with Gasteiger partial charge in [-0.15, -0.1) is 0 Å². The molecule has 0 unspecified atom stereocenters. The Morgan fingerprint density at radius 1 is 0.857 bits per heavy atom. The second-order valence-corrected chi connectivity index (χ2v) is 9.56. The number of carbonyl (C=O) groups is 2. The molecule has 1 N–H and O–H groups in total. The maximum atomic E-state index is 12.8. The Bertz CT molecular complexity index is 1120. The molecule has 6 nitrogen and oxygen atoms in total. The molecule has 0 spiro atoms. The maximum Gasteiger partial charge on any atom is 0.407 e. The fourth-order valence-electron chi connectivity index (χ4n) is 4.19. The molecule has 0 bridgehead atoms. The summed E-state index contributed by atoms with van der Waals surface area (Å²) in [6.07, 6.45) is -0.689. The normalized spacial score (nSPS) is 13.5. The van der Waals surface area contributed by atoms with Gasteiger partial charge in [-0.05, 0) is 48.6 Å². The Morgan fingerprint density at radius 3 is 2.03 bits per heavy atom. The van der Waals surface area contributed by atoms with Gasteiger partial charge in [0.05, 0.1) is 13.2 Å². The van der Waals surface area contributed by atoms with Gasteiger partial charge >= 0.3 is 12.1 Å². The molecule has 1 aliphatic rings. The molecule has 1 amide bonds. The fraction of sp³-hybridized carbons (Fsp3) is 0.310. The molecule has 35 heavy (non-hydrogen) atoms. The first-order chi connectivity index (χ1) is 16.8. The standard InChI is InChI=1S/C29H31NO5/c1-29(2,3)35-27(31)26(19-33-17-20-11-5-4-6-12-20)30-28(32)34-18-25-23-15-9-7-13-21(23)22-14-8-10-16-24(22)25/h4-16,25-26H,17-19H2,1-3H3,(H,30,32)/t26-/m0/s1. The van der Waals surface area contributed by atoms with Crippen LogP contribution in [-0.2, 0) is 25.6 Å². The number of hydrogen-bond donors (Lipinski definition) is 1. The van der Waals surface area contributed by atoms with Crippen LogP contribution in [0.4, 0.5) is 4.79 Å². The first kappa shape index (κ1) is 24.5. The van der Waals surface area contributed by atoms with Crippen LogP contribution < -0.4 is 5.32 Å². The molecule has 182 valence electrons. The van der Waals surface area contributed by atoms with E-state index in [4.69, 9.17) is 14.2 Å². The van der Waals surface area contributed by atoms with Gasteiger partial charge in [0.1, 0.15) is 12.2 Å². The topological polar surface area (TPSA) is 73.9 Å². The maximum absolute atomic E-state index is 12.8. The Hall–Kier alpha value is -3.64. The van der Waals surface area contributed by atoms with Crippen molar-refractivity contribution in [3.63, 3.8) is 0 Å². The van der Waals surface area contributed by atoms with E-state index in [-0.39, 0.29) is 19.1 Å². The van der Waals surface area contributed by atoms with Gasteiger partial charge in [0.2, 0.25) is 0 Å². The van der Waals surface area contributed by atoms with Gasteiger partial charge in [0, 0.05) is 5.92 Å². The number of ether oxygens (including phenoxy) is 3. The Morgan fingerprint density at radius 2 is 1.43 bits per heavy atom. The molecule has 3 aromatic carbocycles. The van der Waals surface area contributed by atoms with E-state index in [0.717, 1.165) is 27.8 Å². The predicted molar refractivity (Wildman–Crippen MR) is 134 cm³/mol. The first-order valence-corrected chi connectivity index (χ1v) is 11.8. The monoisotopic (exact) mass is 473 g/mol. The Balaban J connectivity index is 1.39. The summed E-state index contributed by atoms with van der Waals surface area (Å²) in [7, 11) is 0. The van der Waals surface area contributed by atoms with Gasteiger partial charge in [0.15, 0.2) is 6.04 Å². The predicted octanol–water partition coefficient (Wildman–Crippen LogP) is 5.45. The quantitative estimate of drug-likeness (QED) is 0.440. The second-order valence-electron chi connectivity index (χ2n) is 9.56. The van der Waals surface area contributed by atoms with Crippen molar-refractivity contribution < 1.29 is 23.8 Å². The highest BCUT2D eigenvalue weighted by Crippen LogP contribution is 2.44. The van der Waals surface area contributed by atoms with Crippen LogP contribution in [0.25, 0.3) is 11.1 Å². The molecule has 4 rings (SSSR count). The van der Waals surface area contributed by atoms with Gasteiger partial charge in [0.25, 0.3) is 0 Å². The average Bonchev–Trinajstić information content (AvgIpc) is 3.15. The molecule has 6 heteroatoms. The van der Waals surface area contributed by atoms with Gasteiger partial charge in [-0.3, -0.25) is 0 Å². The lowest BCUT2D eigenvalue weighted by atomic mass is 9.98. The highest BCUT2D eigenvalue weighted by molar-refractivity contribution is 5.82. The minimum absolute atomic E-state index is 0.0337. The number of amides is 1. The van der Waals surface area contributed by atoms with E-state index >= 15 is 0 Å². The van der Waals surface area contributed by atoms with Gasteiger partial charge in [-0.1, -0.05) is 78.9 Å². The summed E-state index contributed by atoms with van der Waals surface area (Å²) in [6.45, 7) is 5.77. The lowest BCUT2D eigenvalue weighted by molar-refractivity contribution is -0.159. The Labute approximate surface area is 206 Å². The van der Waals surface area contributed by atoms with Crippen LogP contribution in [-0.4, -0.2) is 36.9 Å². The van der Waals surface area contributed by atoms with Gasteiger partial charge in [-0.25, -0.2) is 9.59 Å². The van der Waals surface area contributed by atoms with E-state index in [2.05, 4.69) is 29.6 Å². The SMILES string of the molecule is CC(C)(C)OC(=O)[C@H](COCc1ccccc1)NC(=O)OCC1c2ccccc2-c2ccccc21. The first-order valence-electron chi connectivity index (χ1n) is 11.8. The molecule has 0 heterocycles. The van der Waals surface area contributed by atoms with Crippen LogP contribution in [0.2, 0.25) is 0 Å². The third-order valence-electron chi connectivity index (χ3n) is 5.72. The van der Waals surface area contributed by atoms with Crippen molar-refractivity contribution in [2.45, 2.75) is 44.9 Å². The smallest absolute Gasteiger partial charge is 0.407 e. The third kappa shape index (κ3) is 6.28. The van der Waals surface area contributed by atoms with Crippen LogP contribution in [0.1, 0.15) is 43.4 Å². The van der Waals surface area contributed by atoms with E-state index < -0.39 is 23.7 Å². The molecule has 3 aromatic rings. The summed E-state index contributed by atoms with van der Waals surface area (Å²) >= 11 is 0. The second kappa shape index (κ2) is 10.7. The number of benzene rings is 3. The zero-order valence-electron chi connectivity index (χ0n) is 20.3. The summed E-state index contributed by atoms with van der Waals surface area (Å²) in [5.41, 5.74) is 4.82. The largest absolute Gasteiger partial charge is 0.458 e. The summed E-state index contributed by atoms with van der Waals surface area (Å²) in [5, 5.41) is 2.64. The molecule has 0 radical (unpaired) electrons. The zero-order valence-corrected chi connectivity index (χ0v) is 20.3. The van der Waals surface area contributed by atoms with Crippen LogP contribution >= 0.6 is 0 Å². The van der Waals surface area contributed by atoms with E-state index in [1.54, 1.807) is 20.8 Å². The van der Waals surface area contributed by atoms with Gasteiger partial charge < -0.3 is 19.5 Å². The minimum Gasteiger partial charge on any atom is -0.458 e.